The fraction of sp³-hybridized carbons (Fsp3) is 0.188. The van der Waals surface area contributed by atoms with Gasteiger partial charge in [0, 0.05) is 43.8 Å². The van der Waals surface area contributed by atoms with Crippen LogP contribution in [-0.2, 0) is 0 Å². The van der Waals surface area contributed by atoms with Crippen molar-refractivity contribution in [2.45, 2.75) is 0 Å². The second kappa shape index (κ2) is 4.00. The first-order valence-corrected chi connectivity index (χ1v) is 6.75. The average molecular weight is 264 g/mol. The van der Waals surface area contributed by atoms with E-state index >= 15 is 0 Å². The van der Waals surface area contributed by atoms with Crippen LogP contribution in [-0.4, -0.2) is 36.7 Å². The second-order valence-electron chi connectivity index (χ2n) is 5.34. The maximum atomic E-state index is 4.42. The molecule has 0 aromatic heterocycles. The van der Waals surface area contributed by atoms with Crippen LogP contribution in [0.2, 0.25) is 0 Å². The third-order valence-electron chi connectivity index (χ3n) is 3.75. The van der Waals surface area contributed by atoms with E-state index in [1.807, 2.05) is 12.4 Å². The average Bonchev–Trinajstić information content (AvgIpc) is 3.02. The fourth-order valence-electron chi connectivity index (χ4n) is 2.98. The predicted molar refractivity (Wildman–Crippen MR) is 81.4 cm³/mol. The number of nitrogens with one attached hydrogen (secondary N) is 1. The Kier molecular flexibility index (Phi) is 2.27. The molecular weight excluding hydrogens is 248 g/mol. The fourth-order valence-corrected chi connectivity index (χ4v) is 2.98. The van der Waals surface area contributed by atoms with Crippen molar-refractivity contribution in [2.75, 3.05) is 20.6 Å². The first-order chi connectivity index (χ1) is 9.75. The highest BCUT2D eigenvalue weighted by atomic mass is 15.3. The summed E-state index contributed by atoms with van der Waals surface area (Å²) in [5.74, 6) is 0.987. The van der Waals surface area contributed by atoms with Crippen molar-refractivity contribution < 1.29 is 0 Å². The van der Waals surface area contributed by atoms with Gasteiger partial charge in [-0.05, 0) is 5.56 Å². The quantitative estimate of drug-likeness (QED) is 0.842. The summed E-state index contributed by atoms with van der Waals surface area (Å²) in [5.41, 5.74) is 6.21. The van der Waals surface area contributed by atoms with Gasteiger partial charge in [-0.3, -0.25) is 0 Å². The van der Waals surface area contributed by atoms with E-state index in [2.05, 4.69) is 64.7 Å². The standard InChI is InChI=1S/C16H16N4/c1-19(2)10-13-11-5-3-4-6-12(11)15-16(13)20-8-7-17-14(20)9-18-15/h3-7,9-10,18H,8H2,1-2H3. The monoisotopic (exact) mass is 264 g/mol. The zero-order valence-corrected chi connectivity index (χ0v) is 11.6. The Bertz CT molecular complexity index is 707. The van der Waals surface area contributed by atoms with E-state index < -0.39 is 0 Å². The molecule has 1 aromatic carbocycles. The highest BCUT2D eigenvalue weighted by Crippen LogP contribution is 2.45. The highest BCUT2D eigenvalue weighted by molar-refractivity contribution is 6.00. The maximum absolute atomic E-state index is 4.42. The summed E-state index contributed by atoms with van der Waals surface area (Å²) in [4.78, 5) is 8.78. The van der Waals surface area contributed by atoms with Crippen LogP contribution >= 0.6 is 0 Å². The number of hydrogen-bond donors (Lipinski definition) is 1. The Morgan fingerprint density at radius 2 is 2.05 bits per heavy atom. The van der Waals surface area contributed by atoms with Crippen LogP contribution in [0.1, 0.15) is 11.1 Å². The van der Waals surface area contributed by atoms with Crippen LogP contribution in [0, 0.1) is 0 Å². The van der Waals surface area contributed by atoms with Gasteiger partial charge in [0.25, 0.3) is 0 Å². The number of rotatable bonds is 1. The Morgan fingerprint density at radius 1 is 1.25 bits per heavy atom. The van der Waals surface area contributed by atoms with Gasteiger partial charge in [-0.1, -0.05) is 24.3 Å². The minimum absolute atomic E-state index is 0.838. The zero-order chi connectivity index (χ0) is 13.7. The van der Waals surface area contributed by atoms with Crippen LogP contribution < -0.4 is 5.32 Å². The van der Waals surface area contributed by atoms with Crippen molar-refractivity contribution in [3.63, 3.8) is 0 Å². The van der Waals surface area contributed by atoms with E-state index in [4.69, 9.17) is 0 Å². The van der Waals surface area contributed by atoms with E-state index in [0.717, 1.165) is 12.4 Å². The molecule has 0 saturated carbocycles. The molecule has 100 valence electrons. The summed E-state index contributed by atoms with van der Waals surface area (Å²) in [6.07, 6.45) is 6.13. The topological polar surface area (TPSA) is 30.9 Å². The summed E-state index contributed by atoms with van der Waals surface area (Å²) in [5, 5.41) is 3.41. The van der Waals surface area contributed by atoms with Crippen LogP contribution in [0.3, 0.4) is 0 Å². The summed E-state index contributed by atoms with van der Waals surface area (Å²) < 4.78 is 0. The Labute approximate surface area is 118 Å². The SMILES string of the molecule is CN(C)C=C1C2=C(NC=C3N=CCN32)c2ccccc21. The lowest BCUT2D eigenvalue weighted by Crippen LogP contribution is -2.26. The van der Waals surface area contributed by atoms with Gasteiger partial charge < -0.3 is 15.1 Å². The molecular formula is C16H16N4. The lowest BCUT2D eigenvalue weighted by Gasteiger charge is -2.27. The number of hydrogen-bond acceptors (Lipinski definition) is 4. The smallest absolute Gasteiger partial charge is 0.149 e. The van der Waals surface area contributed by atoms with Gasteiger partial charge in [0.1, 0.15) is 5.82 Å². The summed E-state index contributed by atoms with van der Waals surface area (Å²) in [6, 6.07) is 8.53. The molecule has 0 spiro atoms. The Hall–Kier alpha value is -2.49. The van der Waals surface area contributed by atoms with Crippen molar-refractivity contribution in [3.8, 4) is 0 Å². The normalized spacial score (nSPS) is 20.6. The third kappa shape index (κ3) is 1.45. The minimum atomic E-state index is 0.838. The highest BCUT2D eigenvalue weighted by Gasteiger charge is 2.34. The van der Waals surface area contributed by atoms with Crippen LogP contribution in [0.25, 0.3) is 11.3 Å². The van der Waals surface area contributed by atoms with Gasteiger partial charge in [0.15, 0.2) is 0 Å². The predicted octanol–water partition coefficient (Wildman–Crippen LogP) is 2.06. The summed E-state index contributed by atoms with van der Waals surface area (Å²) in [7, 11) is 4.11. The van der Waals surface area contributed by atoms with Crippen molar-refractivity contribution in [3.05, 3.63) is 59.3 Å². The largest absolute Gasteiger partial charge is 0.383 e. The molecule has 0 unspecified atom stereocenters. The number of benzene rings is 1. The van der Waals surface area contributed by atoms with E-state index in [0.29, 0.717) is 0 Å². The molecule has 1 aliphatic carbocycles. The second-order valence-corrected chi connectivity index (χ2v) is 5.34. The molecule has 0 atom stereocenters. The molecule has 4 rings (SSSR count). The van der Waals surface area contributed by atoms with Crippen LogP contribution in [0.5, 0.6) is 0 Å². The van der Waals surface area contributed by atoms with Gasteiger partial charge in [-0.25, -0.2) is 4.99 Å². The molecule has 4 heteroatoms. The molecule has 2 heterocycles. The molecule has 1 N–H and O–H groups in total. The summed E-state index contributed by atoms with van der Waals surface area (Å²) >= 11 is 0. The van der Waals surface area contributed by atoms with Crippen molar-refractivity contribution in [1.29, 1.82) is 0 Å². The molecule has 1 aromatic rings. The zero-order valence-electron chi connectivity index (χ0n) is 11.6. The molecule has 3 aliphatic rings. The molecule has 20 heavy (non-hydrogen) atoms. The van der Waals surface area contributed by atoms with E-state index in [9.17, 15) is 0 Å². The van der Waals surface area contributed by atoms with Gasteiger partial charge in [0.05, 0.1) is 17.9 Å². The van der Waals surface area contributed by atoms with E-state index in [1.165, 1.54) is 28.1 Å². The molecule has 0 radical (unpaired) electrons. The van der Waals surface area contributed by atoms with Crippen LogP contribution in [0.15, 0.2) is 53.2 Å². The molecule has 0 saturated heterocycles. The van der Waals surface area contributed by atoms with Crippen molar-refractivity contribution >= 4 is 17.5 Å². The van der Waals surface area contributed by atoms with E-state index in [1.54, 1.807) is 0 Å². The first kappa shape index (κ1) is 11.3. The maximum Gasteiger partial charge on any atom is 0.149 e. The Morgan fingerprint density at radius 3 is 2.85 bits per heavy atom. The molecule has 2 aliphatic heterocycles. The number of fused-ring (bicyclic) bond motifs is 4. The van der Waals surface area contributed by atoms with Crippen molar-refractivity contribution in [1.82, 2.24) is 15.1 Å². The third-order valence-corrected chi connectivity index (χ3v) is 3.75. The van der Waals surface area contributed by atoms with Gasteiger partial charge >= 0.3 is 0 Å². The minimum Gasteiger partial charge on any atom is -0.383 e. The molecule has 0 fully saturated rings. The summed E-state index contributed by atoms with van der Waals surface area (Å²) in [6.45, 7) is 0.838. The van der Waals surface area contributed by atoms with Crippen LogP contribution in [0.4, 0.5) is 0 Å². The molecule has 0 bridgehead atoms. The number of nitrogens with zero attached hydrogens (tertiary/aromatic N) is 3. The molecule has 4 nitrogen and oxygen atoms in total. The molecule has 0 amide bonds. The number of aliphatic imine (C=N–C) groups is 1. The van der Waals surface area contributed by atoms with Gasteiger partial charge in [-0.15, -0.1) is 0 Å². The number of allylic oxidation sites excluding steroid dienone is 1. The Balaban J connectivity index is 1.92. The van der Waals surface area contributed by atoms with Gasteiger partial charge in [-0.2, -0.15) is 0 Å². The van der Waals surface area contributed by atoms with Gasteiger partial charge in [0.2, 0.25) is 0 Å². The lowest BCUT2D eigenvalue weighted by molar-refractivity contribution is 0.510. The van der Waals surface area contributed by atoms with Crippen molar-refractivity contribution in [2.24, 2.45) is 4.99 Å². The first-order valence-electron chi connectivity index (χ1n) is 6.75. The lowest BCUT2D eigenvalue weighted by atomic mass is 10.1. The van der Waals surface area contributed by atoms with E-state index in [-0.39, 0.29) is 0 Å².